The van der Waals surface area contributed by atoms with Gasteiger partial charge < -0.3 is 14.6 Å². The molecule has 126 valence electrons. The van der Waals surface area contributed by atoms with Crippen molar-refractivity contribution in [3.8, 4) is 0 Å². The Morgan fingerprint density at radius 3 is 2.42 bits per heavy atom. The fourth-order valence-corrected chi connectivity index (χ4v) is 2.77. The van der Waals surface area contributed by atoms with Crippen molar-refractivity contribution in [2.75, 3.05) is 38.0 Å². The monoisotopic (exact) mass is 327 g/mol. The molecule has 0 atom stereocenters. The number of amides is 2. The molecular weight excluding hydrogens is 306 g/mol. The average molecular weight is 327 g/mol. The first-order valence-corrected chi connectivity index (χ1v) is 8.04. The Kier molecular flexibility index (Phi) is 4.96. The van der Waals surface area contributed by atoms with Crippen molar-refractivity contribution in [1.82, 2.24) is 9.80 Å². The van der Waals surface area contributed by atoms with Crippen LogP contribution in [0.5, 0.6) is 0 Å². The van der Waals surface area contributed by atoms with Gasteiger partial charge in [-0.3, -0.25) is 14.5 Å². The molecule has 1 N–H and O–H groups in total. The predicted molar refractivity (Wildman–Crippen MR) is 90.9 cm³/mol. The minimum Gasteiger partial charge on any atom is -0.459 e. The predicted octanol–water partition coefficient (Wildman–Crippen LogP) is 1.98. The lowest BCUT2D eigenvalue weighted by Crippen LogP contribution is -2.50. The summed E-state index contributed by atoms with van der Waals surface area (Å²) in [6.45, 7) is 4.73. The molecule has 0 spiro atoms. The molecule has 0 saturated carbocycles. The second kappa shape index (κ2) is 7.31. The Morgan fingerprint density at radius 2 is 1.79 bits per heavy atom. The van der Waals surface area contributed by atoms with Crippen molar-refractivity contribution < 1.29 is 14.0 Å². The molecule has 2 amide bonds. The number of piperazine rings is 1. The first kappa shape index (κ1) is 16.3. The molecular formula is C18H21N3O3. The zero-order chi connectivity index (χ0) is 16.9. The smallest absolute Gasteiger partial charge is 0.289 e. The fraction of sp³-hybridized carbons (Fsp3) is 0.333. The van der Waals surface area contributed by atoms with Crippen LogP contribution in [0.2, 0.25) is 0 Å². The van der Waals surface area contributed by atoms with Gasteiger partial charge in [0.25, 0.3) is 5.91 Å². The topological polar surface area (TPSA) is 65.8 Å². The van der Waals surface area contributed by atoms with Gasteiger partial charge in [-0.25, -0.2) is 0 Å². The molecule has 2 aromatic rings. The summed E-state index contributed by atoms with van der Waals surface area (Å²) < 4.78 is 5.27. The second-order valence-electron chi connectivity index (χ2n) is 5.92. The largest absolute Gasteiger partial charge is 0.459 e. The van der Waals surface area contributed by atoms with E-state index in [2.05, 4.69) is 10.2 Å². The normalized spacial score (nSPS) is 15.3. The maximum Gasteiger partial charge on any atom is 0.289 e. The number of anilines is 1. The van der Waals surface area contributed by atoms with Gasteiger partial charge in [0.15, 0.2) is 5.76 Å². The molecule has 0 unspecified atom stereocenters. The van der Waals surface area contributed by atoms with E-state index in [-0.39, 0.29) is 11.8 Å². The van der Waals surface area contributed by atoms with Crippen LogP contribution in [-0.4, -0.2) is 54.3 Å². The molecule has 24 heavy (non-hydrogen) atoms. The molecule has 3 rings (SSSR count). The zero-order valence-corrected chi connectivity index (χ0v) is 13.7. The first-order valence-electron chi connectivity index (χ1n) is 8.04. The molecule has 1 aromatic heterocycles. The lowest BCUT2D eigenvalue weighted by atomic mass is 10.2. The molecule has 0 aliphatic carbocycles. The van der Waals surface area contributed by atoms with E-state index in [9.17, 15) is 9.59 Å². The lowest BCUT2D eigenvalue weighted by molar-refractivity contribution is -0.117. The Hall–Kier alpha value is -2.60. The SMILES string of the molecule is Cc1ccoc1C(=O)N1CCN(CC(=O)Nc2ccccc2)CC1. The van der Waals surface area contributed by atoms with Gasteiger partial charge in [0.1, 0.15) is 0 Å². The van der Waals surface area contributed by atoms with Gasteiger partial charge in [-0.2, -0.15) is 0 Å². The standard InChI is InChI=1S/C18H21N3O3/c1-14-7-12-24-17(14)18(23)21-10-8-20(9-11-21)13-16(22)19-15-5-3-2-4-6-15/h2-7,12H,8-11,13H2,1H3,(H,19,22). The van der Waals surface area contributed by atoms with Crippen molar-refractivity contribution >= 4 is 17.5 Å². The number of rotatable bonds is 4. The van der Waals surface area contributed by atoms with Crippen LogP contribution < -0.4 is 5.32 Å². The molecule has 0 radical (unpaired) electrons. The Bertz CT molecular complexity index is 703. The van der Waals surface area contributed by atoms with Crippen LogP contribution in [0.15, 0.2) is 47.1 Å². The van der Waals surface area contributed by atoms with Crippen LogP contribution in [0.3, 0.4) is 0 Å². The van der Waals surface area contributed by atoms with E-state index in [1.807, 2.05) is 37.3 Å². The van der Waals surface area contributed by atoms with Gasteiger partial charge in [0, 0.05) is 37.4 Å². The number of nitrogens with one attached hydrogen (secondary N) is 1. The summed E-state index contributed by atoms with van der Waals surface area (Å²) in [7, 11) is 0. The van der Waals surface area contributed by atoms with E-state index < -0.39 is 0 Å². The third-order valence-corrected chi connectivity index (χ3v) is 4.14. The highest BCUT2D eigenvalue weighted by Crippen LogP contribution is 2.14. The van der Waals surface area contributed by atoms with Gasteiger partial charge in [-0.1, -0.05) is 18.2 Å². The first-order chi connectivity index (χ1) is 11.6. The summed E-state index contributed by atoms with van der Waals surface area (Å²) in [5.41, 5.74) is 1.65. The van der Waals surface area contributed by atoms with Crippen LogP contribution in [0.25, 0.3) is 0 Å². The molecule has 2 heterocycles. The van der Waals surface area contributed by atoms with Gasteiger partial charge in [0.2, 0.25) is 5.91 Å². The van der Waals surface area contributed by atoms with Crippen LogP contribution in [0.1, 0.15) is 16.1 Å². The Labute approximate surface area is 141 Å². The summed E-state index contributed by atoms with van der Waals surface area (Å²) >= 11 is 0. The van der Waals surface area contributed by atoms with E-state index in [0.29, 0.717) is 38.5 Å². The number of para-hydroxylation sites is 1. The molecule has 1 aromatic carbocycles. The summed E-state index contributed by atoms with van der Waals surface area (Å²) in [4.78, 5) is 28.3. The number of aryl methyl sites for hydroxylation is 1. The van der Waals surface area contributed by atoms with Crippen molar-refractivity contribution in [3.05, 3.63) is 54.0 Å². The van der Waals surface area contributed by atoms with Gasteiger partial charge in [-0.15, -0.1) is 0 Å². The van der Waals surface area contributed by atoms with Gasteiger partial charge in [0.05, 0.1) is 12.8 Å². The maximum absolute atomic E-state index is 12.4. The van der Waals surface area contributed by atoms with Crippen molar-refractivity contribution in [3.63, 3.8) is 0 Å². The van der Waals surface area contributed by atoms with Crippen molar-refractivity contribution in [1.29, 1.82) is 0 Å². The maximum atomic E-state index is 12.4. The van der Waals surface area contributed by atoms with E-state index in [4.69, 9.17) is 4.42 Å². The highest BCUT2D eigenvalue weighted by atomic mass is 16.3. The van der Waals surface area contributed by atoms with Gasteiger partial charge >= 0.3 is 0 Å². The summed E-state index contributed by atoms with van der Waals surface area (Å²) in [5.74, 6) is 0.291. The van der Waals surface area contributed by atoms with Crippen LogP contribution in [-0.2, 0) is 4.79 Å². The number of hydrogen-bond acceptors (Lipinski definition) is 4. The molecule has 1 saturated heterocycles. The van der Waals surface area contributed by atoms with Gasteiger partial charge in [-0.05, 0) is 25.1 Å². The third-order valence-electron chi connectivity index (χ3n) is 4.14. The lowest BCUT2D eigenvalue weighted by Gasteiger charge is -2.33. The van der Waals surface area contributed by atoms with E-state index in [1.165, 1.54) is 6.26 Å². The number of benzene rings is 1. The third kappa shape index (κ3) is 3.83. The highest BCUT2D eigenvalue weighted by molar-refractivity contribution is 5.93. The summed E-state index contributed by atoms with van der Waals surface area (Å²) in [6.07, 6.45) is 1.53. The van der Waals surface area contributed by atoms with Crippen molar-refractivity contribution in [2.45, 2.75) is 6.92 Å². The quantitative estimate of drug-likeness (QED) is 0.932. The molecule has 6 heteroatoms. The van der Waals surface area contributed by atoms with Crippen LogP contribution in [0, 0.1) is 6.92 Å². The van der Waals surface area contributed by atoms with E-state index >= 15 is 0 Å². The number of carbonyl (C=O) groups excluding carboxylic acids is 2. The van der Waals surface area contributed by atoms with E-state index in [0.717, 1.165) is 11.3 Å². The Morgan fingerprint density at radius 1 is 1.08 bits per heavy atom. The van der Waals surface area contributed by atoms with Crippen molar-refractivity contribution in [2.24, 2.45) is 0 Å². The number of hydrogen-bond donors (Lipinski definition) is 1. The summed E-state index contributed by atoms with van der Waals surface area (Å²) in [5, 5.41) is 2.88. The van der Waals surface area contributed by atoms with Crippen LogP contribution in [0.4, 0.5) is 5.69 Å². The molecule has 1 aliphatic rings. The number of carbonyl (C=O) groups is 2. The van der Waals surface area contributed by atoms with Crippen LogP contribution >= 0.6 is 0 Å². The summed E-state index contributed by atoms with van der Waals surface area (Å²) in [6, 6.07) is 11.2. The minimum atomic E-state index is -0.0779. The molecule has 1 fully saturated rings. The number of nitrogens with zero attached hydrogens (tertiary/aromatic N) is 2. The zero-order valence-electron chi connectivity index (χ0n) is 13.7. The second-order valence-corrected chi connectivity index (χ2v) is 5.92. The molecule has 1 aliphatic heterocycles. The van der Waals surface area contributed by atoms with E-state index in [1.54, 1.807) is 11.0 Å². The minimum absolute atomic E-state index is 0.0390. The average Bonchev–Trinajstić information content (AvgIpc) is 3.02. The highest BCUT2D eigenvalue weighted by Gasteiger charge is 2.25. The fourth-order valence-electron chi connectivity index (χ4n) is 2.77. The molecule has 6 nitrogen and oxygen atoms in total. The number of furan rings is 1. The Balaban J connectivity index is 1.48. The molecule has 0 bridgehead atoms.